The Labute approximate surface area is 144 Å². The first-order valence-electron chi connectivity index (χ1n) is 9.59. The summed E-state index contributed by atoms with van der Waals surface area (Å²) in [5.74, 6) is 0.785. The van der Waals surface area contributed by atoms with Crippen LogP contribution < -0.4 is 10.6 Å². The van der Waals surface area contributed by atoms with Crippen molar-refractivity contribution < 1.29 is 13.2 Å². The Morgan fingerprint density at radius 1 is 1.00 bits per heavy atom. The maximum absolute atomic E-state index is 12.5. The van der Waals surface area contributed by atoms with E-state index >= 15 is 0 Å². The molecule has 0 aromatic rings. The van der Waals surface area contributed by atoms with Crippen LogP contribution in [0.4, 0.5) is 0 Å². The zero-order chi connectivity index (χ0) is 16.7. The van der Waals surface area contributed by atoms with Gasteiger partial charge in [-0.2, -0.15) is 0 Å². The molecule has 1 amide bonds. The lowest BCUT2D eigenvalue weighted by atomic mass is 9.85. The van der Waals surface area contributed by atoms with Crippen LogP contribution in [0.1, 0.15) is 57.8 Å². The number of hydrogen-bond acceptors (Lipinski definition) is 4. The topological polar surface area (TPSA) is 78.5 Å². The Kier molecular flexibility index (Phi) is 4.60. The molecular weight excluding hydrogens is 326 g/mol. The minimum absolute atomic E-state index is 0.0497. The van der Waals surface area contributed by atoms with E-state index in [-0.39, 0.29) is 23.2 Å². The maximum Gasteiger partial charge on any atom is 0.237 e. The zero-order valence-corrected chi connectivity index (χ0v) is 15.1. The van der Waals surface area contributed by atoms with Crippen molar-refractivity contribution in [3.63, 3.8) is 0 Å². The van der Waals surface area contributed by atoms with E-state index in [0.717, 1.165) is 32.1 Å². The number of amides is 1. The van der Waals surface area contributed by atoms with Crippen molar-refractivity contribution in [1.29, 1.82) is 0 Å². The summed E-state index contributed by atoms with van der Waals surface area (Å²) in [7, 11) is -3.06. The number of nitrogens with zero attached hydrogens (tertiary/aromatic N) is 1. The minimum Gasteiger partial charge on any atom is -0.352 e. The number of carbonyl (C=O) groups is 1. The molecule has 2 heterocycles. The molecule has 6 nitrogen and oxygen atoms in total. The fourth-order valence-corrected chi connectivity index (χ4v) is 6.53. The molecule has 7 heteroatoms. The predicted molar refractivity (Wildman–Crippen MR) is 92.0 cm³/mol. The molecule has 136 valence electrons. The van der Waals surface area contributed by atoms with Gasteiger partial charge in [-0.05, 0) is 50.9 Å². The number of fused-ring (bicyclic) bond motifs is 1. The number of sulfonamides is 1. The van der Waals surface area contributed by atoms with Crippen molar-refractivity contribution >= 4 is 15.9 Å². The molecule has 0 bridgehead atoms. The molecule has 2 saturated carbocycles. The molecule has 4 aliphatic rings. The summed E-state index contributed by atoms with van der Waals surface area (Å²) in [5, 5.41) is 6.55. The molecule has 0 aromatic carbocycles. The van der Waals surface area contributed by atoms with Gasteiger partial charge in [0.05, 0.1) is 11.3 Å². The lowest BCUT2D eigenvalue weighted by Crippen LogP contribution is -2.51. The van der Waals surface area contributed by atoms with E-state index in [2.05, 4.69) is 10.6 Å². The summed E-state index contributed by atoms with van der Waals surface area (Å²) >= 11 is 0. The first-order chi connectivity index (χ1) is 11.5. The number of hydrogen-bond donors (Lipinski definition) is 2. The van der Waals surface area contributed by atoms with Crippen LogP contribution in [0.25, 0.3) is 0 Å². The molecule has 0 aromatic heterocycles. The molecule has 2 aliphatic carbocycles. The third-order valence-corrected chi connectivity index (χ3v) is 8.68. The fraction of sp³-hybridized carbons (Fsp3) is 0.941. The molecule has 3 unspecified atom stereocenters. The molecule has 2 aliphatic heterocycles. The fourth-order valence-electron chi connectivity index (χ4n) is 4.65. The van der Waals surface area contributed by atoms with Crippen molar-refractivity contribution in [2.75, 3.05) is 13.1 Å². The second kappa shape index (κ2) is 6.57. The van der Waals surface area contributed by atoms with E-state index in [4.69, 9.17) is 0 Å². The molecule has 2 N–H and O–H groups in total. The highest BCUT2D eigenvalue weighted by molar-refractivity contribution is 7.90. The van der Waals surface area contributed by atoms with Gasteiger partial charge in [-0.25, -0.2) is 12.7 Å². The van der Waals surface area contributed by atoms with Crippen LogP contribution in [0, 0.1) is 5.92 Å². The lowest BCUT2D eigenvalue weighted by Gasteiger charge is -2.32. The van der Waals surface area contributed by atoms with Gasteiger partial charge in [0.2, 0.25) is 15.9 Å². The first-order valence-corrected chi connectivity index (χ1v) is 11.1. The van der Waals surface area contributed by atoms with Gasteiger partial charge in [0.25, 0.3) is 0 Å². The van der Waals surface area contributed by atoms with Crippen molar-refractivity contribution in [3.05, 3.63) is 0 Å². The van der Waals surface area contributed by atoms with Gasteiger partial charge in [-0.3, -0.25) is 4.79 Å². The molecule has 3 atom stereocenters. The van der Waals surface area contributed by atoms with Crippen LogP contribution in [-0.2, 0) is 14.8 Å². The van der Waals surface area contributed by atoms with E-state index in [0.29, 0.717) is 25.0 Å². The summed E-state index contributed by atoms with van der Waals surface area (Å²) in [4.78, 5) is 12.5. The van der Waals surface area contributed by atoms with Gasteiger partial charge in [-0.15, -0.1) is 0 Å². The Hall–Kier alpha value is -0.660. The zero-order valence-electron chi connectivity index (χ0n) is 14.2. The smallest absolute Gasteiger partial charge is 0.237 e. The summed E-state index contributed by atoms with van der Waals surface area (Å²) in [5.41, 5.74) is 0. The molecule has 24 heavy (non-hydrogen) atoms. The van der Waals surface area contributed by atoms with Crippen molar-refractivity contribution in [1.82, 2.24) is 14.9 Å². The van der Waals surface area contributed by atoms with E-state index in [1.807, 2.05) is 0 Å². The molecule has 0 spiro atoms. The standard InChI is InChI=1S/C17H29N3O3S/c21-17(16-11-12-3-1-2-4-15(12)19-16)18-13-7-9-20(10-8-13)24(22,23)14-5-6-14/h12-16,19H,1-11H2,(H,18,21). The van der Waals surface area contributed by atoms with Crippen molar-refractivity contribution in [3.8, 4) is 0 Å². The number of nitrogens with one attached hydrogen (secondary N) is 2. The largest absolute Gasteiger partial charge is 0.352 e. The van der Waals surface area contributed by atoms with Gasteiger partial charge in [0, 0.05) is 25.2 Å². The van der Waals surface area contributed by atoms with Crippen LogP contribution in [-0.4, -0.2) is 55.1 Å². The summed E-state index contributed by atoms with van der Waals surface area (Å²) < 4.78 is 26.2. The van der Waals surface area contributed by atoms with Crippen molar-refractivity contribution in [2.24, 2.45) is 5.92 Å². The first kappa shape index (κ1) is 16.8. The van der Waals surface area contributed by atoms with E-state index in [1.165, 1.54) is 25.7 Å². The van der Waals surface area contributed by atoms with E-state index < -0.39 is 10.0 Å². The minimum atomic E-state index is -3.06. The molecular formula is C17H29N3O3S. The van der Waals surface area contributed by atoms with Crippen LogP contribution in [0.5, 0.6) is 0 Å². The number of piperidine rings is 1. The van der Waals surface area contributed by atoms with Crippen LogP contribution in [0.2, 0.25) is 0 Å². The summed E-state index contributed by atoms with van der Waals surface area (Å²) in [6.07, 6.45) is 9.08. The normalized spacial score (nSPS) is 35.6. The molecule has 0 radical (unpaired) electrons. The number of carbonyl (C=O) groups excluding carboxylic acids is 1. The maximum atomic E-state index is 12.5. The molecule has 2 saturated heterocycles. The van der Waals surface area contributed by atoms with Crippen LogP contribution >= 0.6 is 0 Å². The van der Waals surface area contributed by atoms with Gasteiger partial charge in [-0.1, -0.05) is 12.8 Å². The van der Waals surface area contributed by atoms with Gasteiger partial charge in [0.15, 0.2) is 0 Å². The third kappa shape index (κ3) is 3.35. The molecule has 4 fully saturated rings. The van der Waals surface area contributed by atoms with E-state index in [1.54, 1.807) is 4.31 Å². The van der Waals surface area contributed by atoms with Crippen molar-refractivity contribution in [2.45, 2.75) is 81.2 Å². The second-order valence-corrected chi connectivity index (χ2v) is 10.2. The highest BCUT2D eigenvalue weighted by Crippen LogP contribution is 2.34. The highest BCUT2D eigenvalue weighted by atomic mass is 32.2. The van der Waals surface area contributed by atoms with Crippen LogP contribution in [0.3, 0.4) is 0 Å². The lowest BCUT2D eigenvalue weighted by molar-refractivity contribution is -0.123. The summed E-state index contributed by atoms with van der Waals surface area (Å²) in [6, 6.07) is 0.596. The quantitative estimate of drug-likeness (QED) is 0.788. The Morgan fingerprint density at radius 3 is 2.38 bits per heavy atom. The van der Waals surface area contributed by atoms with Gasteiger partial charge < -0.3 is 10.6 Å². The van der Waals surface area contributed by atoms with E-state index in [9.17, 15) is 13.2 Å². The predicted octanol–water partition coefficient (Wildman–Crippen LogP) is 0.980. The average Bonchev–Trinajstić information content (AvgIpc) is 3.35. The Balaban J connectivity index is 1.26. The highest BCUT2D eigenvalue weighted by Gasteiger charge is 2.42. The van der Waals surface area contributed by atoms with Crippen LogP contribution in [0.15, 0.2) is 0 Å². The summed E-state index contributed by atoms with van der Waals surface area (Å²) in [6.45, 7) is 1.10. The van der Waals surface area contributed by atoms with Gasteiger partial charge in [0.1, 0.15) is 0 Å². The Morgan fingerprint density at radius 2 is 1.71 bits per heavy atom. The average molecular weight is 356 g/mol. The van der Waals surface area contributed by atoms with Gasteiger partial charge >= 0.3 is 0 Å². The second-order valence-electron chi connectivity index (χ2n) is 8.03. The SMILES string of the molecule is O=C(NC1CCN(S(=O)(=O)C2CC2)CC1)C1CC2CCCCC2N1. The number of rotatable bonds is 4. The monoisotopic (exact) mass is 355 g/mol. The Bertz CT molecular complexity index is 568. The molecule has 4 rings (SSSR count). The third-order valence-electron chi connectivity index (χ3n) is 6.29.